The normalized spacial score (nSPS) is 10.6. The van der Waals surface area contributed by atoms with Crippen LogP contribution in [0.1, 0.15) is 11.1 Å². The zero-order valence-corrected chi connectivity index (χ0v) is 9.50. The lowest BCUT2D eigenvalue weighted by Crippen LogP contribution is -2.19. The van der Waals surface area contributed by atoms with Crippen molar-refractivity contribution >= 4 is 0 Å². The van der Waals surface area contributed by atoms with Gasteiger partial charge in [-0.15, -0.1) is 0 Å². The molecule has 0 aliphatic rings. The fraction of sp³-hybridized carbons (Fsp3) is 0.500. The molecule has 0 atom stereocenters. The van der Waals surface area contributed by atoms with Gasteiger partial charge in [-0.2, -0.15) is 0 Å². The van der Waals surface area contributed by atoms with E-state index >= 15 is 0 Å². The molecular weight excluding hydrogens is 174 g/mol. The molecule has 0 amide bonds. The maximum absolute atomic E-state index is 5.61. The average molecular weight is 193 g/mol. The molecule has 0 N–H and O–H groups in total. The van der Waals surface area contributed by atoms with Crippen LogP contribution in [0.3, 0.4) is 0 Å². The van der Waals surface area contributed by atoms with Crippen molar-refractivity contribution in [3.63, 3.8) is 0 Å². The molecule has 0 aromatic heterocycles. The second kappa shape index (κ2) is 5.01. The third-order valence-corrected chi connectivity index (χ3v) is 2.29. The second-order valence-electron chi connectivity index (χ2n) is 3.90. The third kappa shape index (κ3) is 3.38. The Kier molecular flexibility index (Phi) is 3.96. The van der Waals surface area contributed by atoms with Gasteiger partial charge >= 0.3 is 0 Å². The molecule has 2 nitrogen and oxygen atoms in total. The predicted octanol–water partition coefficient (Wildman–Crippen LogP) is 2.24. The molecule has 0 radical (unpaired) electrons. The first-order valence-electron chi connectivity index (χ1n) is 4.94. The molecule has 0 bridgehead atoms. The highest BCUT2D eigenvalue weighted by Crippen LogP contribution is 2.16. The molecule has 0 heterocycles. The number of hydrogen-bond acceptors (Lipinski definition) is 2. The third-order valence-electron chi connectivity index (χ3n) is 2.29. The van der Waals surface area contributed by atoms with E-state index in [1.807, 2.05) is 20.2 Å². The fourth-order valence-corrected chi connectivity index (χ4v) is 1.15. The van der Waals surface area contributed by atoms with Crippen LogP contribution in [-0.4, -0.2) is 32.1 Å². The molecule has 78 valence electrons. The van der Waals surface area contributed by atoms with Gasteiger partial charge in [-0.05, 0) is 51.2 Å². The number of benzene rings is 1. The van der Waals surface area contributed by atoms with E-state index in [0.29, 0.717) is 0 Å². The van der Waals surface area contributed by atoms with E-state index in [4.69, 9.17) is 4.74 Å². The average Bonchev–Trinajstić information content (AvgIpc) is 2.10. The molecule has 0 spiro atoms. The maximum Gasteiger partial charge on any atom is 0.119 e. The summed E-state index contributed by atoms with van der Waals surface area (Å²) in [6.07, 6.45) is 0. The second-order valence-corrected chi connectivity index (χ2v) is 3.90. The summed E-state index contributed by atoms with van der Waals surface area (Å²) in [5.74, 6) is 0.968. The quantitative estimate of drug-likeness (QED) is 0.727. The number of likely N-dealkylation sites (N-methyl/N-ethyl adjacent to an activating group) is 1. The van der Waals surface area contributed by atoms with Gasteiger partial charge in [0.1, 0.15) is 12.4 Å². The summed E-state index contributed by atoms with van der Waals surface area (Å²) in [5.41, 5.74) is 2.59. The van der Waals surface area contributed by atoms with E-state index in [9.17, 15) is 0 Å². The van der Waals surface area contributed by atoms with E-state index in [1.165, 1.54) is 11.1 Å². The van der Waals surface area contributed by atoms with Crippen LogP contribution in [0.15, 0.2) is 18.2 Å². The maximum atomic E-state index is 5.61. The van der Waals surface area contributed by atoms with E-state index in [-0.39, 0.29) is 0 Å². The van der Waals surface area contributed by atoms with E-state index in [2.05, 4.69) is 30.9 Å². The number of rotatable bonds is 4. The number of nitrogens with zero attached hydrogens (tertiary/aromatic N) is 1. The standard InChI is InChI=1S/C12H19NO/c1-10-5-6-12(9-11(10)2)14-8-7-13(3)4/h5-6,9H,7-8H2,1-4H3. The zero-order valence-electron chi connectivity index (χ0n) is 9.50. The largest absolute Gasteiger partial charge is 0.492 e. The van der Waals surface area contributed by atoms with Gasteiger partial charge in [0.2, 0.25) is 0 Å². The molecule has 0 aliphatic heterocycles. The first-order chi connectivity index (χ1) is 6.59. The molecule has 0 saturated heterocycles. The highest BCUT2D eigenvalue weighted by Gasteiger charge is 1.97. The van der Waals surface area contributed by atoms with Gasteiger partial charge in [-0.1, -0.05) is 6.07 Å². The van der Waals surface area contributed by atoms with E-state index in [1.54, 1.807) is 0 Å². The lowest BCUT2D eigenvalue weighted by atomic mass is 10.1. The van der Waals surface area contributed by atoms with Crippen LogP contribution in [0.25, 0.3) is 0 Å². The van der Waals surface area contributed by atoms with Gasteiger partial charge in [0.15, 0.2) is 0 Å². The van der Waals surface area contributed by atoms with Crippen molar-refractivity contribution < 1.29 is 4.74 Å². The minimum atomic E-state index is 0.746. The van der Waals surface area contributed by atoms with Gasteiger partial charge in [0, 0.05) is 6.54 Å². The van der Waals surface area contributed by atoms with E-state index < -0.39 is 0 Å². The van der Waals surface area contributed by atoms with Crippen molar-refractivity contribution in [3.05, 3.63) is 29.3 Å². The van der Waals surface area contributed by atoms with Crippen LogP contribution < -0.4 is 4.74 Å². The van der Waals surface area contributed by atoms with Crippen molar-refractivity contribution in [2.75, 3.05) is 27.2 Å². The smallest absolute Gasteiger partial charge is 0.119 e. The molecule has 14 heavy (non-hydrogen) atoms. The van der Waals surface area contributed by atoms with Crippen LogP contribution in [0, 0.1) is 13.8 Å². The van der Waals surface area contributed by atoms with Gasteiger partial charge in [-0.3, -0.25) is 0 Å². The fourth-order valence-electron chi connectivity index (χ4n) is 1.15. The summed E-state index contributed by atoms with van der Waals surface area (Å²) in [6, 6.07) is 6.21. The van der Waals surface area contributed by atoms with Crippen LogP contribution in [0.2, 0.25) is 0 Å². The Bertz CT molecular complexity index is 294. The first kappa shape index (κ1) is 11.1. The molecule has 2 heteroatoms. The molecular formula is C12H19NO. The Hall–Kier alpha value is -1.02. The van der Waals surface area contributed by atoms with Crippen LogP contribution >= 0.6 is 0 Å². The molecule has 1 rings (SSSR count). The topological polar surface area (TPSA) is 12.5 Å². The number of ether oxygens (including phenoxy) is 1. The number of hydrogen-bond donors (Lipinski definition) is 0. The molecule has 0 aliphatic carbocycles. The Morgan fingerprint density at radius 3 is 2.43 bits per heavy atom. The molecule has 1 aromatic rings. The van der Waals surface area contributed by atoms with Crippen molar-refractivity contribution in [2.24, 2.45) is 0 Å². The summed E-state index contributed by atoms with van der Waals surface area (Å²) in [6.45, 7) is 5.91. The Labute approximate surface area is 86.5 Å². The van der Waals surface area contributed by atoms with Crippen LogP contribution in [0.5, 0.6) is 5.75 Å². The van der Waals surface area contributed by atoms with E-state index in [0.717, 1.165) is 18.9 Å². The van der Waals surface area contributed by atoms with Crippen molar-refractivity contribution in [1.82, 2.24) is 4.90 Å². The van der Waals surface area contributed by atoms with Gasteiger partial charge < -0.3 is 9.64 Å². The SMILES string of the molecule is Cc1ccc(OCCN(C)C)cc1C. The highest BCUT2D eigenvalue weighted by molar-refractivity contribution is 5.33. The molecule has 0 saturated carbocycles. The highest BCUT2D eigenvalue weighted by atomic mass is 16.5. The summed E-state index contributed by atoms with van der Waals surface area (Å²) in [5, 5.41) is 0. The lowest BCUT2D eigenvalue weighted by Gasteiger charge is -2.11. The summed E-state index contributed by atoms with van der Waals surface area (Å²) in [4.78, 5) is 2.11. The first-order valence-corrected chi connectivity index (χ1v) is 4.94. The lowest BCUT2D eigenvalue weighted by molar-refractivity contribution is 0.261. The minimum absolute atomic E-state index is 0.746. The summed E-state index contributed by atoms with van der Waals surface area (Å²) >= 11 is 0. The van der Waals surface area contributed by atoms with Gasteiger partial charge in [0.25, 0.3) is 0 Å². The summed E-state index contributed by atoms with van der Waals surface area (Å²) < 4.78 is 5.61. The zero-order chi connectivity index (χ0) is 10.6. The minimum Gasteiger partial charge on any atom is -0.492 e. The summed E-state index contributed by atoms with van der Waals surface area (Å²) in [7, 11) is 4.09. The van der Waals surface area contributed by atoms with Crippen molar-refractivity contribution in [2.45, 2.75) is 13.8 Å². The molecule has 1 aromatic carbocycles. The Balaban J connectivity index is 2.47. The Morgan fingerprint density at radius 2 is 1.86 bits per heavy atom. The predicted molar refractivity (Wildman–Crippen MR) is 60.0 cm³/mol. The monoisotopic (exact) mass is 193 g/mol. The molecule has 0 unspecified atom stereocenters. The molecule has 0 fully saturated rings. The van der Waals surface area contributed by atoms with Crippen molar-refractivity contribution in [3.8, 4) is 5.75 Å². The van der Waals surface area contributed by atoms with Gasteiger partial charge in [0.05, 0.1) is 0 Å². The van der Waals surface area contributed by atoms with Crippen LogP contribution in [-0.2, 0) is 0 Å². The van der Waals surface area contributed by atoms with Crippen LogP contribution in [0.4, 0.5) is 0 Å². The van der Waals surface area contributed by atoms with Crippen molar-refractivity contribution in [1.29, 1.82) is 0 Å². The number of aryl methyl sites for hydroxylation is 2. The Morgan fingerprint density at radius 1 is 1.14 bits per heavy atom. The van der Waals surface area contributed by atoms with Gasteiger partial charge in [-0.25, -0.2) is 0 Å².